The van der Waals surface area contributed by atoms with E-state index in [9.17, 15) is 4.39 Å². The molecule has 0 aromatic heterocycles. The van der Waals surface area contributed by atoms with E-state index < -0.39 is 0 Å². The summed E-state index contributed by atoms with van der Waals surface area (Å²) in [5.41, 5.74) is 1.14. The first-order valence-electron chi connectivity index (χ1n) is 6.46. The van der Waals surface area contributed by atoms with Gasteiger partial charge in [0.05, 0.1) is 0 Å². The van der Waals surface area contributed by atoms with Gasteiger partial charge in [0.2, 0.25) is 0 Å². The van der Waals surface area contributed by atoms with Crippen LogP contribution < -0.4 is 5.32 Å². The van der Waals surface area contributed by atoms with Crippen molar-refractivity contribution >= 4 is 0 Å². The van der Waals surface area contributed by atoms with Crippen molar-refractivity contribution in [1.29, 1.82) is 0 Å². The molecule has 1 N–H and O–H groups in total. The number of benzene rings is 1. The third-order valence-electron chi connectivity index (χ3n) is 3.34. The molecule has 2 heteroatoms. The molecule has 0 heterocycles. The fourth-order valence-corrected chi connectivity index (χ4v) is 2.23. The normalized spacial score (nSPS) is 11.8. The summed E-state index contributed by atoms with van der Waals surface area (Å²) in [6, 6.07) is 6.70. The van der Waals surface area contributed by atoms with Crippen LogP contribution in [0.1, 0.15) is 33.3 Å². The maximum Gasteiger partial charge on any atom is 0.123 e. The summed E-state index contributed by atoms with van der Waals surface area (Å²) in [5.74, 6) is 1.90. The van der Waals surface area contributed by atoms with Gasteiger partial charge in [0.25, 0.3) is 0 Å². The molecular formula is C15H24FN. The molecule has 0 bridgehead atoms. The Balaban J connectivity index is 2.38. The average molecular weight is 237 g/mol. The molecule has 0 aliphatic rings. The van der Waals surface area contributed by atoms with Crippen LogP contribution in [-0.2, 0) is 6.54 Å². The lowest BCUT2D eigenvalue weighted by molar-refractivity contribution is 0.275. The second-order valence-corrected chi connectivity index (χ2v) is 5.41. The molecule has 1 nitrogen and oxygen atoms in total. The number of halogens is 1. The van der Waals surface area contributed by atoms with E-state index in [1.165, 1.54) is 12.1 Å². The molecule has 17 heavy (non-hydrogen) atoms. The van der Waals surface area contributed by atoms with Crippen molar-refractivity contribution < 1.29 is 4.39 Å². The van der Waals surface area contributed by atoms with Gasteiger partial charge in [0, 0.05) is 6.54 Å². The third kappa shape index (κ3) is 4.86. The Morgan fingerprint density at radius 3 is 2.00 bits per heavy atom. The van der Waals surface area contributed by atoms with Gasteiger partial charge in [-0.3, -0.25) is 0 Å². The Bertz CT molecular complexity index is 308. The maximum absolute atomic E-state index is 12.7. The lowest BCUT2D eigenvalue weighted by Crippen LogP contribution is -2.29. The Hall–Kier alpha value is -0.890. The molecule has 0 aliphatic carbocycles. The average Bonchev–Trinajstić information content (AvgIpc) is 2.25. The highest BCUT2D eigenvalue weighted by atomic mass is 19.1. The second-order valence-electron chi connectivity index (χ2n) is 5.41. The summed E-state index contributed by atoms with van der Waals surface area (Å²) >= 11 is 0. The highest BCUT2D eigenvalue weighted by Gasteiger charge is 2.16. The first-order chi connectivity index (χ1) is 8.00. The van der Waals surface area contributed by atoms with Gasteiger partial charge in [0.1, 0.15) is 5.82 Å². The Kier molecular flexibility index (Phi) is 5.63. The molecule has 0 saturated heterocycles. The summed E-state index contributed by atoms with van der Waals surface area (Å²) in [6.45, 7) is 10.9. The molecule has 0 unspecified atom stereocenters. The molecule has 1 aromatic rings. The van der Waals surface area contributed by atoms with Gasteiger partial charge >= 0.3 is 0 Å². The van der Waals surface area contributed by atoms with Crippen molar-refractivity contribution in [3.05, 3.63) is 35.6 Å². The largest absolute Gasteiger partial charge is 0.312 e. The van der Waals surface area contributed by atoms with Gasteiger partial charge in [-0.1, -0.05) is 39.8 Å². The van der Waals surface area contributed by atoms with Crippen LogP contribution in [0.2, 0.25) is 0 Å². The van der Waals surface area contributed by atoms with E-state index in [-0.39, 0.29) is 5.82 Å². The first kappa shape index (κ1) is 14.2. The van der Waals surface area contributed by atoms with Crippen LogP contribution in [-0.4, -0.2) is 6.54 Å². The molecule has 0 atom stereocenters. The van der Waals surface area contributed by atoms with Crippen LogP contribution in [0, 0.1) is 23.6 Å². The van der Waals surface area contributed by atoms with Crippen LogP contribution in [0.15, 0.2) is 24.3 Å². The lowest BCUT2D eigenvalue weighted by atomic mass is 9.85. The third-order valence-corrected chi connectivity index (χ3v) is 3.34. The number of hydrogen-bond donors (Lipinski definition) is 1. The van der Waals surface area contributed by atoms with E-state index in [2.05, 4.69) is 33.0 Å². The number of nitrogens with one attached hydrogen (secondary N) is 1. The van der Waals surface area contributed by atoms with E-state index in [1.54, 1.807) is 0 Å². The van der Waals surface area contributed by atoms with E-state index in [0.717, 1.165) is 18.7 Å². The van der Waals surface area contributed by atoms with Gasteiger partial charge in [-0.25, -0.2) is 4.39 Å². The van der Waals surface area contributed by atoms with Crippen LogP contribution in [0.5, 0.6) is 0 Å². The SMILES string of the molecule is CC(C)C(CNCc1ccc(F)cc1)C(C)C. The number of rotatable bonds is 6. The molecule has 0 aliphatic heterocycles. The van der Waals surface area contributed by atoms with Crippen LogP contribution in [0.25, 0.3) is 0 Å². The van der Waals surface area contributed by atoms with Crippen LogP contribution in [0.4, 0.5) is 4.39 Å². The summed E-state index contributed by atoms with van der Waals surface area (Å²) in [5, 5.41) is 3.46. The van der Waals surface area contributed by atoms with Gasteiger partial charge in [-0.15, -0.1) is 0 Å². The quantitative estimate of drug-likeness (QED) is 0.792. The van der Waals surface area contributed by atoms with Gasteiger partial charge < -0.3 is 5.32 Å². The summed E-state index contributed by atoms with van der Waals surface area (Å²) in [7, 11) is 0. The Labute approximate surface area is 104 Å². The highest BCUT2D eigenvalue weighted by molar-refractivity contribution is 5.15. The van der Waals surface area contributed by atoms with Crippen LogP contribution >= 0.6 is 0 Å². The molecule has 96 valence electrons. The van der Waals surface area contributed by atoms with Crippen LogP contribution in [0.3, 0.4) is 0 Å². The number of hydrogen-bond acceptors (Lipinski definition) is 1. The van der Waals surface area contributed by atoms with Gasteiger partial charge in [0.15, 0.2) is 0 Å². The monoisotopic (exact) mass is 237 g/mol. The van der Waals surface area contributed by atoms with Crippen molar-refractivity contribution in [2.75, 3.05) is 6.54 Å². The van der Waals surface area contributed by atoms with E-state index in [4.69, 9.17) is 0 Å². The molecule has 1 rings (SSSR count). The smallest absolute Gasteiger partial charge is 0.123 e. The standard InChI is InChI=1S/C15H24FN/c1-11(2)15(12(3)4)10-17-9-13-5-7-14(16)8-6-13/h5-8,11-12,15,17H,9-10H2,1-4H3. The molecular weight excluding hydrogens is 213 g/mol. The van der Waals surface area contributed by atoms with Crippen molar-refractivity contribution in [1.82, 2.24) is 5.32 Å². The molecule has 0 spiro atoms. The summed E-state index contributed by atoms with van der Waals surface area (Å²) in [4.78, 5) is 0. The topological polar surface area (TPSA) is 12.0 Å². The Morgan fingerprint density at radius 1 is 1.00 bits per heavy atom. The highest BCUT2D eigenvalue weighted by Crippen LogP contribution is 2.19. The summed E-state index contributed by atoms with van der Waals surface area (Å²) in [6.07, 6.45) is 0. The molecule has 0 amide bonds. The molecule has 1 aromatic carbocycles. The molecule has 0 saturated carbocycles. The van der Waals surface area contributed by atoms with E-state index >= 15 is 0 Å². The minimum atomic E-state index is -0.170. The van der Waals surface area contributed by atoms with Crippen molar-refractivity contribution in [3.8, 4) is 0 Å². The van der Waals surface area contributed by atoms with Gasteiger partial charge in [-0.2, -0.15) is 0 Å². The minimum absolute atomic E-state index is 0.170. The van der Waals surface area contributed by atoms with Gasteiger partial charge in [-0.05, 0) is 42.0 Å². The summed E-state index contributed by atoms with van der Waals surface area (Å²) < 4.78 is 12.7. The fourth-order valence-electron chi connectivity index (χ4n) is 2.23. The van der Waals surface area contributed by atoms with E-state index in [0.29, 0.717) is 17.8 Å². The first-order valence-corrected chi connectivity index (χ1v) is 6.46. The van der Waals surface area contributed by atoms with Crippen molar-refractivity contribution in [3.63, 3.8) is 0 Å². The van der Waals surface area contributed by atoms with Crippen molar-refractivity contribution in [2.24, 2.45) is 17.8 Å². The Morgan fingerprint density at radius 2 is 1.53 bits per heavy atom. The maximum atomic E-state index is 12.7. The zero-order chi connectivity index (χ0) is 12.8. The lowest BCUT2D eigenvalue weighted by Gasteiger charge is -2.25. The van der Waals surface area contributed by atoms with E-state index in [1.807, 2.05) is 12.1 Å². The minimum Gasteiger partial charge on any atom is -0.312 e. The van der Waals surface area contributed by atoms with Crippen molar-refractivity contribution in [2.45, 2.75) is 34.2 Å². The molecule has 0 radical (unpaired) electrons. The zero-order valence-electron chi connectivity index (χ0n) is 11.3. The second kappa shape index (κ2) is 6.75. The zero-order valence-corrected chi connectivity index (χ0v) is 11.3. The molecule has 0 fully saturated rings. The predicted molar refractivity (Wildman–Crippen MR) is 71.3 cm³/mol. The fraction of sp³-hybridized carbons (Fsp3) is 0.600. The predicted octanol–water partition coefficient (Wildman–Crippen LogP) is 3.84.